The van der Waals surface area contributed by atoms with E-state index in [-0.39, 0.29) is 12.1 Å². The van der Waals surface area contributed by atoms with Crippen molar-refractivity contribution in [3.8, 4) is 0 Å². The highest BCUT2D eigenvalue weighted by atomic mass is 16.3. The molecule has 0 aromatic rings. The van der Waals surface area contributed by atoms with Gasteiger partial charge >= 0.3 is 12.1 Å². The van der Waals surface area contributed by atoms with Gasteiger partial charge in [0.15, 0.2) is 0 Å². The Labute approximate surface area is 130 Å². The van der Waals surface area contributed by atoms with Crippen LogP contribution >= 0.6 is 0 Å². The summed E-state index contributed by atoms with van der Waals surface area (Å²) in [7, 11) is 0. The van der Waals surface area contributed by atoms with Crippen molar-refractivity contribution >= 4 is 12.1 Å². The lowest BCUT2D eigenvalue weighted by Crippen LogP contribution is -2.64. The highest BCUT2D eigenvalue weighted by molar-refractivity contribution is 6.11. The number of rotatable bonds is 14. The molecule has 0 aromatic carbocycles. The van der Waals surface area contributed by atoms with Crippen molar-refractivity contribution in [3.05, 3.63) is 9.81 Å². The Morgan fingerprint density at radius 1 is 0.591 bits per heavy atom. The summed E-state index contributed by atoms with van der Waals surface area (Å²) in [4.78, 5) is 46.0. The first-order valence-corrected chi connectivity index (χ1v) is 7.93. The first-order valence-electron chi connectivity index (χ1n) is 7.93. The average Bonchev–Trinajstić information content (AvgIpc) is 2.53. The predicted molar refractivity (Wildman–Crippen MR) is 82.5 cm³/mol. The number of imide groups is 2. The molecule has 0 N–H and O–H groups in total. The van der Waals surface area contributed by atoms with Gasteiger partial charge in [-0.2, -0.15) is 9.81 Å². The van der Waals surface area contributed by atoms with Crippen LogP contribution < -0.4 is 0 Å². The van der Waals surface area contributed by atoms with Gasteiger partial charge in [0.2, 0.25) is 0 Å². The van der Waals surface area contributed by atoms with Crippen LogP contribution in [0.25, 0.3) is 0 Å². The van der Waals surface area contributed by atoms with E-state index in [1.54, 1.807) is 0 Å². The third kappa shape index (κ3) is 5.87. The largest absolute Gasteiger partial charge is 0.336 e. The molecular weight excluding hydrogens is 288 g/mol. The Hall–Kier alpha value is -1.86. The van der Waals surface area contributed by atoms with Crippen molar-refractivity contribution in [3.63, 3.8) is 0 Å². The average molecular weight is 312 g/mol. The zero-order valence-electron chi connectivity index (χ0n) is 12.9. The van der Waals surface area contributed by atoms with Gasteiger partial charge in [-0.25, -0.2) is 19.4 Å². The minimum atomic E-state index is -0.214. The van der Waals surface area contributed by atoms with E-state index in [2.05, 4.69) is 10.4 Å². The molecule has 0 unspecified atom stereocenters. The number of carbonyl (C=O) groups is 2. The van der Waals surface area contributed by atoms with Gasteiger partial charge in [-0.3, -0.25) is 0 Å². The second kappa shape index (κ2) is 10.8. The number of unbranched alkanes of at least 4 members (excludes halogenated alkanes) is 6. The molecule has 4 amide bonds. The number of carbonyl (C=O) groups excluding carboxylic acids is 2. The van der Waals surface area contributed by atoms with Crippen molar-refractivity contribution in [1.82, 2.24) is 9.80 Å². The van der Waals surface area contributed by atoms with Crippen LogP contribution in [0.15, 0.2) is 10.4 Å². The highest BCUT2D eigenvalue weighted by Gasteiger charge is 2.42. The summed E-state index contributed by atoms with van der Waals surface area (Å²) in [5, 5.41) is 5.57. The third-order valence-electron chi connectivity index (χ3n) is 3.69. The summed E-state index contributed by atoms with van der Waals surface area (Å²) in [6.45, 7) is 1.57. The number of hydrogen-bond donors (Lipinski definition) is 0. The van der Waals surface area contributed by atoms with E-state index in [1.165, 1.54) is 9.80 Å². The zero-order chi connectivity index (χ0) is 16.2. The van der Waals surface area contributed by atoms with Gasteiger partial charge in [0.1, 0.15) is 0 Å². The van der Waals surface area contributed by atoms with Crippen LogP contribution in [0.1, 0.15) is 51.4 Å². The molecule has 0 saturated carbocycles. The predicted octanol–water partition coefficient (Wildman–Crippen LogP) is 3.50. The van der Waals surface area contributed by atoms with Crippen LogP contribution in [0.5, 0.6) is 0 Å². The smallest absolute Gasteiger partial charge is 0.247 e. The molecule has 0 bridgehead atoms. The maximum atomic E-state index is 11.8. The summed E-state index contributed by atoms with van der Waals surface area (Å²) >= 11 is 0. The minimum Gasteiger partial charge on any atom is -0.247 e. The molecule has 0 aromatic heterocycles. The molecule has 0 radical (unpaired) electrons. The standard InChI is InChI=1S/C14H24N4O4/c19-13-17(11-7-3-1-5-9-15-21)14(20)18(13)12-8-4-2-6-10-16-22/h1-12H2. The van der Waals surface area contributed by atoms with E-state index in [9.17, 15) is 19.4 Å². The number of urea groups is 2. The van der Waals surface area contributed by atoms with E-state index in [0.717, 1.165) is 51.4 Å². The van der Waals surface area contributed by atoms with E-state index in [0.29, 0.717) is 26.2 Å². The summed E-state index contributed by atoms with van der Waals surface area (Å²) in [5.41, 5.74) is 0. The van der Waals surface area contributed by atoms with E-state index in [4.69, 9.17) is 0 Å². The van der Waals surface area contributed by atoms with Gasteiger partial charge in [0, 0.05) is 13.1 Å². The van der Waals surface area contributed by atoms with Crippen LogP contribution in [0, 0.1) is 9.81 Å². The molecule has 22 heavy (non-hydrogen) atoms. The lowest BCUT2D eigenvalue weighted by molar-refractivity contribution is 0.104. The molecule has 1 heterocycles. The third-order valence-corrected chi connectivity index (χ3v) is 3.69. The summed E-state index contributed by atoms with van der Waals surface area (Å²) in [5.74, 6) is 0. The highest BCUT2D eigenvalue weighted by Crippen LogP contribution is 2.18. The Morgan fingerprint density at radius 3 is 1.32 bits per heavy atom. The molecule has 1 aliphatic heterocycles. The van der Waals surface area contributed by atoms with Crippen molar-refractivity contribution < 1.29 is 9.59 Å². The fourth-order valence-electron chi connectivity index (χ4n) is 2.39. The monoisotopic (exact) mass is 312 g/mol. The van der Waals surface area contributed by atoms with Gasteiger partial charge in [0.05, 0.1) is 13.1 Å². The van der Waals surface area contributed by atoms with Gasteiger partial charge in [-0.05, 0) is 25.7 Å². The molecule has 8 heteroatoms. The van der Waals surface area contributed by atoms with Gasteiger partial charge < -0.3 is 0 Å². The molecule has 0 aliphatic carbocycles. The summed E-state index contributed by atoms with van der Waals surface area (Å²) < 4.78 is 0. The first-order chi connectivity index (χ1) is 10.7. The lowest BCUT2D eigenvalue weighted by atomic mass is 10.1. The molecule has 1 rings (SSSR count). The molecule has 0 spiro atoms. The normalized spacial score (nSPS) is 14.2. The molecule has 124 valence electrons. The summed E-state index contributed by atoms with van der Waals surface area (Å²) in [6.07, 6.45) is 6.61. The van der Waals surface area contributed by atoms with E-state index in [1.807, 2.05) is 0 Å². The van der Waals surface area contributed by atoms with Crippen LogP contribution in [0.3, 0.4) is 0 Å². The molecule has 1 saturated heterocycles. The minimum absolute atomic E-state index is 0.214. The Morgan fingerprint density at radius 2 is 0.955 bits per heavy atom. The number of nitrogens with zero attached hydrogens (tertiary/aromatic N) is 4. The summed E-state index contributed by atoms with van der Waals surface area (Å²) in [6, 6.07) is -0.428. The maximum absolute atomic E-state index is 11.8. The fourth-order valence-corrected chi connectivity index (χ4v) is 2.39. The number of amides is 4. The quantitative estimate of drug-likeness (QED) is 0.362. The van der Waals surface area contributed by atoms with E-state index >= 15 is 0 Å². The Bertz CT molecular complexity index is 341. The van der Waals surface area contributed by atoms with Crippen LogP contribution in [-0.4, -0.2) is 48.0 Å². The van der Waals surface area contributed by atoms with Crippen molar-refractivity contribution in [2.24, 2.45) is 10.4 Å². The second-order valence-corrected chi connectivity index (χ2v) is 5.40. The van der Waals surface area contributed by atoms with E-state index < -0.39 is 0 Å². The van der Waals surface area contributed by atoms with Gasteiger partial charge in [-0.1, -0.05) is 36.0 Å². The SMILES string of the molecule is O=NCCCCCCN1C(=O)N(CCCCCCN=O)C1=O. The Kier molecular flexibility index (Phi) is 8.94. The molecule has 1 aliphatic rings. The maximum Gasteiger partial charge on any atom is 0.336 e. The van der Waals surface area contributed by atoms with Crippen molar-refractivity contribution in [2.75, 3.05) is 26.2 Å². The van der Waals surface area contributed by atoms with Crippen LogP contribution in [0.4, 0.5) is 9.59 Å². The Balaban J connectivity index is 2.06. The number of nitroso groups, excluding NO2 is 2. The van der Waals surface area contributed by atoms with Crippen molar-refractivity contribution in [2.45, 2.75) is 51.4 Å². The van der Waals surface area contributed by atoms with Crippen LogP contribution in [0.2, 0.25) is 0 Å². The zero-order valence-corrected chi connectivity index (χ0v) is 12.9. The first kappa shape index (κ1) is 18.2. The molecular formula is C14H24N4O4. The lowest BCUT2D eigenvalue weighted by Gasteiger charge is -2.39. The topological polar surface area (TPSA) is 99.5 Å². The van der Waals surface area contributed by atoms with Gasteiger partial charge in [0.25, 0.3) is 0 Å². The molecule has 1 fully saturated rings. The second-order valence-electron chi connectivity index (χ2n) is 5.40. The fraction of sp³-hybridized carbons (Fsp3) is 0.857. The number of hydrogen-bond acceptors (Lipinski definition) is 6. The molecule has 0 atom stereocenters. The van der Waals surface area contributed by atoms with Crippen LogP contribution in [-0.2, 0) is 0 Å². The molecule has 8 nitrogen and oxygen atoms in total. The van der Waals surface area contributed by atoms with Crippen molar-refractivity contribution in [1.29, 1.82) is 0 Å². The van der Waals surface area contributed by atoms with Gasteiger partial charge in [-0.15, -0.1) is 0 Å².